The molecule has 94 valence electrons. The summed E-state index contributed by atoms with van der Waals surface area (Å²) in [5, 5.41) is 20.2. The molecule has 0 spiro atoms. The van der Waals surface area contributed by atoms with Crippen molar-refractivity contribution < 1.29 is 19.4 Å². The third-order valence-electron chi connectivity index (χ3n) is 2.65. The highest BCUT2D eigenvalue weighted by atomic mass is 16.6. The molecule has 1 fully saturated rings. The van der Waals surface area contributed by atoms with Crippen LogP contribution in [0, 0.1) is 0 Å². The number of nitrogens with zero attached hydrogens (tertiary/aromatic N) is 4. The van der Waals surface area contributed by atoms with Crippen molar-refractivity contribution in [2.45, 2.75) is 25.5 Å². The third-order valence-corrected chi connectivity index (χ3v) is 2.65. The lowest BCUT2D eigenvalue weighted by Crippen LogP contribution is -2.39. The Morgan fingerprint density at radius 2 is 2.29 bits per heavy atom. The summed E-state index contributed by atoms with van der Waals surface area (Å²) in [6, 6.07) is 0. The van der Waals surface area contributed by atoms with Crippen LogP contribution >= 0.6 is 0 Å². The fraction of sp³-hybridized carbons (Fsp3) is 0.778. The molecule has 1 aromatic rings. The number of tetrazole rings is 1. The van der Waals surface area contributed by atoms with Gasteiger partial charge in [-0.2, -0.15) is 0 Å². The zero-order valence-corrected chi connectivity index (χ0v) is 9.66. The van der Waals surface area contributed by atoms with Crippen LogP contribution in [-0.2, 0) is 19.8 Å². The molecule has 1 unspecified atom stereocenters. The van der Waals surface area contributed by atoms with Crippen molar-refractivity contribution in [1.82, 2.24) is 20.2 Å². The van der Waals surface area contributed by atoms with Gasteiger partial charge in [-0.1, -0.05) is 0 Å². The molecule has 2 rings (SSSR count). The van der Waals surface area contributed by atoms with Crippen LogP contribution in [0.4, 0.5) is 0 Å². The van der Waals surface area contributed by atoms with Crippen LogP contribution < -0.4 is 0 Å². The quantitative estimate of drug-likeness (QED) is 0.768. The van der Waals surface area contributed by atoms with E-state index in [0.29, 0.717) is 25.6 Å². The standard InChI is InChI=1S/C9H14N4O4/c1-9(2,8(14)15)13-7(10-11-12-13)6-5-16-3-4-17-6/h6H,3-5H2,1-2H3,(H,14,15). The smallest absolute Gasteiger partial charge is 0.331 e. The van der Waals surface area contributed by atoms with Crippen molar-refractivity contribution in [3.8, 4) is 0 Å². The van der Waals surface area contributed by atoms with Crippen molar-refractivity contribution >= 4 is 5.97 Å². The molecule has 0 saturated carbocycles. The van der Waals surface area contributed by atoms with Crippen LogP contribution in [0.25, 0.3) is 0 Å². The fourth-order valence-electron chi connectivity index (χ4n) is 1.52. The Balaban J connectivity index is 2.30. The highest BCUT2D eigenvalue weighted by Gasteiger charge is 2.36. The van der Waals surface area contributed by atoms with Crippen molar-refractivity contribution in [3.05, 3.63) is 5.82 Å². The minimum absolute atomic E-state index is 0.329. The van der Waals surface area contributed by atoms with Gasteiger partial charge in [0.1, 0.15) is 6.10 Å². The Bertz CT molecular complexity index is 411. The molecule has 8 nitrogen and oxygen atoms in total. The van der Waals surface area contributed by atoms with Gasteiger partial charge in [0.25, 0.3) is 0 Å². The van der Waals surface area contributed by atoms with Gasteiger partial charge >= 0.3 is 5.97 Å². The molecule has 0 bridgehead atoms. The number of ether oxygens (including phenoxy) is 2. The van der Waals surface area contributed by atoms with Gasteiger partial charge in [0.15, 0.2) is 11.4 Å². The van der Waals surface area contributed by atoms with Gasteiger partial charge in [-0.15, -0.1) is 5.10 Å². The van der Waals surface area contributed by atoms with E-state index >= 15 is 0 Å². The lowest BCUT2D eigenvalue weighted by molar-refractivity contribution is -0.147. The van der Waals surface area contributed by atoms with Gasteiger partial charge in [-0.3, -0.25) is 0 Å². The predicted molar refractivity (Wildman–Crippen MR) is 54.3 cm³/mol. The lowest BCUT2D eigenvalue weighted by atomic mass is 10.1. The third kappa shape index (κ3) is 2.13. The molecular formula is C9H14N4O4. The molecule has 17 heavy (non-hydrogen) atoms. The lowest BCUT2D eigenvalue weighted by Gasteiger charge is -2.26. The molecule has 1 N–H and O–H groups in total. The van der Waals surface area contributed by atoms with Crippen molar-refractivity contribution in [2.24, 2.45) is 0 Å². The van der Waals surface area contributed by atoms with E-state index in [1.807, 2.05) is 0 Å². The van der Waals surface area contributed by atoms with E-state index in [1.165, 1.54) is 18.5 Å². The minimum Gasteiger partial charge on any atom is -0.479 e. The molecule has 0 radical (unpaired) electrons. The summed E-state index contributed by atoms with van der Waals surface area (Å²) in [6.45, 7) is 4.36. The minimum atomic E-state index is -1.22. The average molecular weight is 242 g/mol. The number of carboxylic acid groups (broad SMARTS) is 1. The number of carbonyl (C=O) groups is 1. The first-order valence-electron chi connectivity index (χ1n) is 5.25. The van der Waals surface area contributed by atoms with Crippen LogP contribution in [0.5, 0.6) is 0 Å². The van der Waals surface area contributed by atoms with E-state index in [2.05, 4.69) is 15.5 Å². The monoisotopic (exact) mass is 242 g/mol. The summed E-state index contributed by atoms with van der Waals surface area (Å²) in [5.41, 5.74) is -1.22. The molecule has 0 aromatic carbocycles. The second kappa shape index (κ2) is 4.38. The highest BCUT2D eigenvalue weighted by Crippen LogP contribution is 2.23. The predicted octanol–water partition coefficient (Wildman–Crippen LogP) is -0.419. The molecule has 1 atom stereocenters. The van der Waals surface area contributed by atoms with Crippen molar-refractivity contribution in [3.63, 3.8) is 0 Å². The van der Waals surface area contributed by atoms with Crippen molar-refractivity contribution in [1.29, 1.82) is 0 Å². The van der Waals surface area contributed by atoms with E-state index in [9.17, 15) is 4.79 Å². The van der Waals surface area contributed by atoms with Crippen molar-refractivity contribution in [2.75, 3.05) is 19.8 Å². The Morgan fingerprint density at radius 1 is 1.53 bits per heavy atom. The van der Waals surface area contributed by atoms with Crippen LogP contribution in [0.15, 0.2) is 0 Å². The van der Waals surface area contributed by atoms with Crippen LogP contribution in [0.3, 0.4) is 0 Å². The molecule has 1 saturated heterocycles. The zero-order valence-electron chi connectivity index (χ0n) is 9.66. The number of rotatable bonds is 3. The van der Waals surface area contributed by atoms with E-state index in [1.54, 1.807) is 0 Å². The molecule has 8 heteroatoms. The Labute approximate surface area is 97.5 Å². The largest absolute Gasteiger partial charge is 0.479 e. The summed E-state index contributed by atoms with van der Waals surface area (Å²) in [4.78, 5) is 11.2. The summed E-state index contributed by atoms with van der Waals surface area (Å²) >= 11 is 0. The topological polar surface area (TPSA) is 99.4 Å². The van der Waals surface area contributed by atoms with E-state index in [4.69, 9.17) is 14.6 Å². The second-order valence-corrected chi connectivity index (χ2v) is 4.25. The van der Waals surface area contributed by atoms with E-state index < -0.39 is 17.6 Å². The molecule has 1 aliphatic rings. The maximum atomic E-state index is 11.2. The van der Waals surface area contributed by atoms with Gasteiger partial charge < -0.3 is 14.6 Å². The molecule has 0 amide bonds. The van der Waals surface area contributed by atoms with Gasteiger partial charge in [-0.25, -0.2) is 9.48 Å². The summed E-state index contributed by atoms with van der Waals surface area (Å²) in [5.74, 6) is -0.639. The number of hydrogen-bond acceptors (Lipinski definition) is 6. The molecule has 1 aromatic heterocycles. The Hall–Kier alpha value is -1.54. The van der Waals surface area contributed by atoms with E-state index in [-0.39, 0.29) is 0 Å². The number of carboxylic acids is 1. The first-order valence-corrected chi connectivity index (χ1v) is 5.25. The molecule has 0 aliphatic carbocycles. The SMILES string of the molecule is CC(C)(C(=O)O)n1nnnc1C1COCCO1. The van der Waals surface area contributed by atoms with Gasteiger partial charge in [0, 0.05) is 0 Å². The van der Waals surface area contributed by atoms with Gasteiger partial charge in [0.05, 0.1) is 19.8 Å². The summed E-state index contributed by atoms with van der Waals surface area (Å²) in [7, 11) is 0. The van der Waals surface area contributed by atoms with Crippen LogP contribution in [0.2, 0.25) is 0 Å². The zero-order chi connectivity index (χ0) is 12.5. The maximum absolute atomic E-state index is 11.2. The van der Waals surface area contributed by atoms with Gasteiger partial charge in [0.2, 0.25) is 0 Å². The fourth-order valence-corrected chi connectivity index (χ4v) is 1.52. The summed E-state index contributed by atoms with van der Waals surface area (Å²) < 4.78 is 12.0. The number of aromatic nitrogens is 4. The summed E-state index contributed by atoms with van der Waals surface area (Å²) in [6.07, 6.45) is -0.419. The number of hydrogen-bond donors (Lipinski definition) is 1. The Kier molecular flexibility index (Phi) is 3.07. The number of aliphatic carboxylic acids is 1. The Morgan fingerprint density at radius 3 is 2.88 bits per heavy atom. The molecular weight excluding hydrogens is 228 g/mol. The molecule has 2 heterocycles. The average Bonchev–Trinajstić information content (AvgIpc) is 2.79. The van der Waals surface area contributed by atoms with Gasteiger partial charge in [-0.05, 0) is 24.3 Å². The van der Waals surface area contributed by atoms with Crippen LogP contribution in [-0.4, -0.2) is 51.1 Å². The highest BCUT2D eigenvalue weighted by molar-refractivity contribution is 5.75. The second-order valence-electron chi connectivity index (χ2n) is 4.25. The van der Waals surface area contributed by atoms with E-state index in [0.717, 1.165) is 0 Å². The van der Waals surface area contributed by atoms with Crippen LogP contribution in [0.1, 0.15) is 25.8 Å². The first-order chi connectivity index (χ1) is 8.03. The first kappa shape index (κ1) is 11.9. The maximum Gasteiger partial charge on any atom is 0.331 e. The molecule has 1 aliphatic heterocycles. The normalized spacial score (nSPS) is 21.4.